The van der Waals surface area contributed by atoms with Gasteiger partial charge in [-0.05, 0) is 18.6 Å². The van der Waals surface area contributed by atoms with Crippen molar-refractivity contribution in [3.05, 3.63) is 30.0 Å². The van der Waals surface area contributed by atoms with Crippen LogP contribution in [0.3, 0.4) is 0 Å². The van der Waals surface area contributed by atoms with E-state index in [1.807, 2.05) is 6.20 Å². The molecule has 72 valence electrons. The summed E-state index contributed by atoms with van der Waals surface area (Å²) < 4.78 is 2.14. The van der Waals surface area contributed by atoms with Crippen molar-refractivity contribution in [1.82, 2.24) is 15.1 Å². The molecule has 2 heterocycles. The monoisotopic (exact) mass is 187 g/mol. The van der Waals surface area contributed by atoms with Crippen LogP contribution in [-0.2, 0) is 0 Å². The van der Waals surface area contributed by atoms with E-state index in [-0.39, 0.29) is 0 Å². The maximum atomic E-state index is 4.44. The lowest BCUT2D eigenvalue weighted by Gasteiger charge is -2.27. The second-order valence-electron chi connectivity index (χ2n) is 3.96. The predicted octanol–water partition coefficient (Wildman–Crippen LogP) is 1.49. The minimum atomic E-state index is 0.550. The molecule has 0 unspecified atom stereocenters. The van der Waals surface area contributed by atoms with Crippen molar-refractivity contribution in [2.75, 3.05) is 13.1 Å². The Balaban J connectivity index is 2.18. The topological polar surface area (TPSA) is 29.9 Å². The molecule has 1 aromatic heterocycles. The smallest absolute Gasteiger partial charge is 0.0774 e. The lowest BCUT2D eigenvalue weighted by Crippen LogP contribution is -2.43. The maximum absolute atomic E-state index is 4.44. The molecule has 0 amide bonds. The summed E-state index contributed by atoms with van der Waals surface area (Å²) in [6, 6.07) is 7.03. The Hall–Kier alpha value is -1.35. The summed E-state index contributed by atoms with van der Waals surface area (Å²) in [5.41, 5.74) is 2.56. The Labute approximate surface area is 82.7 Å². The molecule has 0 radical (unpaired) electrons. The molecular weight excluding hydrogens is 174 g/mol. The van der Waals surface area contributed by atoms with Gasteiger partial charge in [0.05, 0.1) is 17.8 Å². The molecule has 2 aromatic rings. The third-order valence-corrected chi connectivity index (χ3v) is 2.86. The zero-order valence-electron chi connectivity index (χ0n) is 8.20. The first-order chi connectivity index (χ1) is 6.84. The summed E-state index contributed by atoms with van der Waals surface area (Å²) >= 11 is 0. The van der Waals surface area contributed by atoms with Crippen LogP contribution in [0.15, 0.2) is 24.4 Å². The van der Waals surface area contributed by atoms with Crippen LogP contribution < -0.4 is 5.32 Å². The Morgan fingerprint density at radius 2 is 2.29 bits per heavy atom. The second kappa shape index (κ2) is 2.82. The molecule has 0 aliphatic carbocycles. The molecule has 1 N–H and O–H groups in total. The molecule has 3 heteroatoms. The van der Waals surface area contributed by atoms with Crippen LogP contribution >= 0.6 is 0 Å². The minimum absolute atomic E-state index is 0.550. The first-order valence-corrected chi connectivity index (χ1v) is 4.99. The van der Waals surface area contributed by atoms with Gasteiger partial charge in [0, 0.05) is 18.5 Å². The molecule has 1 aromatic carbocycles. The third kappa shape index (κ3) is 1.06. The first kappa shape index (κ1) is 8.00. The van der Waals surface area contributed by atoms with Crippen molar-refractivity contribution in [2.24, 2.45) is 0 Å². The summed E-state index contributed by atoms with van der Waals surface area (Å²) in [6.45, 7) is 4.21. The first-order valence-electron chi connectivity index (χ1n) is 4.99. The van der Waals surface area contributed by atoms with Crippen molar-refractivity contribution >= 4 is 10.9 Å². The molecule has 1 saturated heterocycles. The molecule has 3 rings (SSSR count). The second-order valence-corrected chi connectivity index (χ2v) is 3.96. The number of aromatic nitrogens is 2. The van der Waals surface area contributed by atoms with Crippen LogP contribution in [0.1, 0.15) is 11.6 Å². The molecule has 0 saturated carbocycles. The molecule has 0 atom stereocenters. The van der Waals surface area contributed by atoms with Crippen molar-refractivity contribution in [3.8, 4) is 0 Å². The van der Waals surface area contributed by atoms with Crippen LogP contribution in [0.25, 0.3) is 10.9 Å². The summed E-state index contributed by atoms with van der Waals surface area (Å²) in [5, 5.41) is 8.94. The van der Waals surface area contributed by atoms with Crippen LogP contribution in [0.4, 0.5) is 0 Å². The van der Waals surface area contributed by atoms with E-state index in [2.05, 4.69) is 40.2 Å². The Morgan fingerprint density at radius 3 is 3.00 bits per heavy atom. The van der Waals surface area contributed by atoms with Gasteiger partial charge >= 0.3 is 0 Å². The third-order valence-electron chi connectivity index (χ3n) is 2.86. The average Bonchev–Trinajstić information content (AvgIpc) is 2.46. The van der Waals surface area contributed by atoms with Crippen molar-refractivity contribution in [1.29, 1.82) is 0 Å². The molecule has 3 nitrogen and oxygen atoms in total. The molecule has 1 aliphatic rings. The number of hydrogen-bond acceptors (Lipinski definition) is 2. The number of nitrogens with one attached hydrogen (secondary N) is 1. The van der Waals surface area contributed by atoms with E-state index in [9.17, 15) is 0 Å². The highest BCUT2D eigenvalue weighted by Crippen LogP contribution is 2.20. The van der Waals surface area contributed by atoms with E-state index in [0.717, 1.165) is 13.1 Å². The van der Waals surface area contributed by atoms with E-state index in [0.29, 0.717) is 6.04 Å². The standard InChI is InChI=1S/C11H13N3/c1-8-2-3-9-5-13-14(11(9)4-8)10-6-12-7-10/h2-5,10,12H,6-7H2,1H3. The van der Waals surface area contributed by atoms with Gasteiger partial charge < -0.3 is 5.32 Å². The summed E-state index contributed by atoms with van der Waals surface area (Å²) in [5.74, 6) is 0. The molecule has 0 spiro atoms. The average molecular weight is 187 g/mol. The minimum Gasteiger partial charge on any atom is -0.312 e. The quantitative estimate of drug-likeness (QED) is 0.733. The van der Waals surface area contributed by atoms with Crippen molar-refractivity contribution in [3.63, 3.8) is 0 Å². The van der Waals surface area contributed by atoms with Crippen molar-refractivity contribution < 1.29 is 0 Å². The molecule has 1 fully saturated rings. The van der Waals surface area contributed by atoms with Crippen LogP contribution in [0.5, 0.6) is 0 Å². The van der Waals surface area contributed by atoms with E-state index in [4.69, 9.17) is 0 Å². The van der Waals surface area contributed by atoms with E-state index >= 15 is 0 Å². The summed E-state index contributed by atoms with van der Waals surface area (Å²) in [7, 11) is 0. The van der Waals surface area contributed by atoms with Gasteiger partial charge in [0.25, 0.3) is 0 Å². The van der Waals surface area contributed by atoms with Crippen LogP contribution in [0.2, 0.25) is 0 Å². The molecule has 0 bridgehead atoms. The zero-order valence-corrected chi connectivity index (χ0v) is 8.20. The fraction of sp³-hybridized carbons (Fsp3) is 0.364. The normalized spacial score (nSPS) is 17.2. The Morgan fingerprint density at radius 1 is 1.43 bits per heavy atom. The number of rotatable bonds is 1. The Kier molecular flexibility index (Phi) is 1.61. The fourth-order valence-corrected chi connectivity index (χ4v) is 1.89. The lowest BCUT2D eigenvalue weighted by atomic mass is 10.1. The van der Waals surface area contributed by atoms with Crippen LogP contribution in [0, 0.1) is 6.92 Å². The Bertz CT molecular complexity index is 468. The van der Waals surface area contributed by atoms with Gasteiger partial charge in [-0.15, -0.1) is 0 Å². The summed E-state index contributed by atoms with van der Waals surface area (Å²) in [6.07, 6.45) is 1.95. The highest BCUT2D eigenvalue weighted by atomic mass is 15.3. The lowest BCUT2D eigenvalue weighted by molar-refractivity contribution is 0.326. The number of nitrogens with zero attached hydrogens (tertiary/aromatic N) is 2. The van der Waals surface area contributed by atoms with E-state index in [1.54, 1.807) is 0 Å². The molecular formula is C11H13N3. The largest absolute Gasteiger partial charge is 0.312 e. The van der Waals surface area contributed by atoms with Crippen molar-refractivity contribution in [2.45, 2.75) is 13.0 Å². The molecule has 14 heavy (non-hydrogen) atoms. The maximum Gasteiger partial charge on any atom is 0.0774 e. The SMILES string of the molecule is Cc1ccc2cnn(C3CNC3)c2c1. The number of fused-ring (bicyclic) bond motifs is 1. The van der Waals surface area contributed by atoms with Gasteiger partial charge in [-0.2, -0.15) is 5.10 Å². The zero-order chi connectivity index (χ0) is 9.54. The molecule has 1 aliphatic heterocycles. The van der Waals surface area contributed by atoms with Gasteiger partial charge in [-0.25, -0.2) is 0 Å². The van der Waals surface area contributed by atoms with Gasteiger partial charge in [-0.3, -0.25) is 4.68 Å². The highest BCUT2D eigenvalue weighted by Gasteiger charge is 2.20. The number of aryl methyl sites for hydroxylation is 1. The van der Waals surface area contributed by atoms with Gasteiger partial charge in [-0.1, -0.05) is 12.1 Å². The van der Waals surface area contributed by atoms with Gasteiger partial charge in [0.15, 0.2) is 0 Å². The fourth-order valence-electron chi connectivity index (χ4n) is 1.89. The van der Waals surface area contributed by atoms with Crippen LogP contribution in [-0.4, -0.2) is 22.9 Å². The predicted molar refractivity (Wildman–Crippen MR) is 56.4 cm³/mol. The highest BCUT2D eigenvalue weighted by molar-refractivity contribution is 5.79. The van der Waals surface area contributed by atoms with Gasteiger partial charge in [0.2, 0.25) is 0 Å². The summed E-state index contributed by atoms with van der Waals surface area (Å²) in [4.78, 5) is 0. The van der Waals surface area contributed by atoms with E-state index in [1.165, 1.54) is 16.5 Å². The number of hydrogen-bond donors (Lipinski definition) is 1. The van der Waals surface area contributed by atoms with Gasteiger partial charge in [0.1, 0.15) is 0 Å². The van der Waals surface area contributed by atoms with E-state index < -0.39 is 0 Å². The number of benzene rings is 1.